The largest absolute Gasteiger partial charge is 0.497 e. The van der Waals surface area contributed by atoms with E-state index in [2.05, 4.69) is 17.1 Å². The highest BCUT2D eigenvalue weighted by atomic mass is 16.7. The van der Waals surface area contributed by atoms with Crippen LogP contribution in [0.25, 0.3) is 0 Å². The molecule has 3 rings (SSSR count). The highest BCUT2D eigenvalue weighted by Crippen LogP contribution is 2.78. The first-order valence-electron chi connectivity index (χ1n) is 8.19. The van der Waals surface area contributed by atoms with Gasteiger partial charge in [0.05, 0.1) is 32.5 Å². The number of rotatable bonds is 6. The van der Waals surface area contributed by atoms with Crippen molar-refractivity contribution in [2.24, 2.45) is 16.6 Å². The normalized spacial score (nSPS) is 31.4. The summed E-state index contributed by atoms with van der Waals surface area (Å²) in [4.78, 5) is 2.95. The van der Waals surface area contributed by atoms with E-state index in [1.165, 1.54) is 0 Å². The lowest BCUT2D eigenvalue weighted by atomic mass is 9.93. The zero-order valence-electron chi connectivity index (χ0n) is 14.5. The molecule has 3 N–H and O–H groups in total. The minimum absolute atomic E-state index is 0.208. The second kappa shape index (κ2) is 5.73. The van der Waals surface area contributed by atoms with Gasteiger partial charge in [-0.2, -0.15) is 10.5 Å². The van der Waals surface area contributed by atoms with Crippen molar-refractivity contribution < 1.29 is 19.2 Å². The zero-order chi connectivity index (χ0) is 18.3. The monoisotopic (exact) mass is 341 g/mol. The molecular weight excluding hydrogens is 320 g/mol. The summed E-state index contributed by atoms with van der Waals surface area (Å²) in [5.41, 5.74) is 4.54. The number of methoxy groups -OCH3 is 1. The summed E-state index contributed by atoms with van der Waals surface area (Å²) >= 11 is 0. The molecule has 1 aromatic rings. The van der Waals surface area contributed by atoms with Crippen LogP contribution in [0.2, 0.25) is 0 Å². The molecule has 0 saturated heterocycles. The molecule has 130 valence electrons. The fraction of sp³-hybridized carbons (Fsp3) is 0.500. The van der Waals surface area contributed by atoms with Crippen LogP contribution in [0, 0.1) is 33.5 Å². The molecule has 1 saturated carbocycles. The number of amidine groups is 1. The predicted molar refractivity (Wildman–Crippen MR) is 88.0 cm³/mol. The first-order valence-corrected chi connectivity index (χ1v) is 8.19. The molecule has 0 radical (unpaired) electrons. The number of hydrogen-bond donors (Lipinski definition) is 2. The molecule has 1 fully saturated rings. The molecule has 1 aliphatic carbocycles. The lowest BCUT2D eigenvalue weighted by Gasteiger charge is -2.29. The summed E-state index contributed by atoms with van der Waals surface area (Å²) in [6.07, 6.45) is 0. The average Bonchev–Trinajstić information content (AvgIpc) is 3.21. The number of nitrogens with one attached hydrogen (secondary N) is 1. The van der Waals surface area contributed by atoms with Crippen LogP contribution in [-0.2, 0) is 9.47 Å². The van der Waals surface area contributed by atoms with Crippen molar-refractivity contribution in [2.45, 2.75) is 25.7 Å². The van der Waals surface area contributed by atoms with Crippen molar-refractivity contribution in [1.29, 1.82) is 10.5 Å². The molecule has 0 unspecified atom stereocenters. The molecule has 1 heterocycles. The van der Waals surface area contributed by atoms with Gasteiger partial charge in [-0.3, -0.25) is 5.73 Å². The van der Waals surface area contributed by atoms with E-state index >= 15 is 0 Å². The van der Waals surface area contributed by atoms with Crippen molar-refractivity contribution in [3.05, 3.63) is 29.8 Å². The van der Waals surface area contributed by atoms with Crippen molar-refractivity contribution in [3.63, 3.8) is 0 Å². The lowest BCUT2D eigenvalue weighted by molar-refractivity contribution is -0.693. The van der Waals surface area contributed by atoms with E-state index in [9.17, 15) is 10.5 Å². The molecule has 0 amide bonds. The third kappa shape index (κ3) is 1.82. The molecule has 0 aromatic heterocycles. The van der Waals surface area contributed by atoms with Crippen molar-refractivity contribution in [3.8, 4) is 17.9 Å². The van der Waals surface area contributed by atoms with E-state index in [-0.39, 0.29) is 5.84 Å². The number of hydrogen-bond acceptors (Lipinski definition) is 6. The molecule has 0 bridgehead atoms. The quantitative estimate of drug-likeness (QED) is 0.703. The first kappa shape index (κ1) is 17.2. The van der Waals surface area contributed by atoms with Gasteiger partial charge >= 0.3 is 5.91 Å². The van der Waals surface area contributed by atoms with E-state index in [1.807, 2.05) is 12.1 Å². The molecule has 7 heteroatoms. The van der Waals surface area contributed by atoms with Gasteiger partial charge in [0.1, 0.15) is 5.75 Å². The fourth-order valence-electron chi connectivity index (χ4n) is 4.15. The second-order valence-electron chi connectivity index (χ2n) is 6.07. The van der Waals surface area contributed by atoms with Crippen molar-refractivity contribution in [1.82, 2.24) is 0 Å². The maximum absolute atomic E-state index is 10.1. The van der Waals surface area contributed by atoms with Crippen LogP contribution >= 0.6 is 0 Å². The van der Waals surface area contributed by atoms with Crippen LogP contribution in [0.5, 0.6) is 5.75 Å². The Bertz CT molecular complexity index is 786. The SMILES string of the molecule is CCOC1(OCC)[NH+]=C(N)[C@@]2(C#N)[C@H](c3ccc(OC)cc3)[C@@]12C#N. The van der Waals surface area contributed by atoms with Gasteiger partial charge in [0.25, 0.3) is 5.84 Å². The summed E-state index contributed by atoms with van der Waals surface area (Å²) in [6, 6.07) is 11.9. The number of nitriles is 2. The standard InChI is InChI=1S/C18H20N4O3/c1-4-24-18(25-5-2)17(11-20)14(16(17,10-19)15(21)22-18)12-6-8-13(23-3)9-7-12/h6-9,14H,4-5H2,1-3H3,(H2,21,22)/p+1/t14-,16+,17+/m0/s1. The highest BCUT2D eigenvalue weighted by molar-refractivity contribution is 5.95. The predicted octanol–water partition coefficient (Wildman–Crippen LogP) is -0.00944. The number of ether oxygens (including phenoxy) is 3. The number of nitrogens with two attached hydrogens (primary N) is 1. The van der Waals surface area contributed by atoms with Crippen LogP contribution in [-0.4, -0.2) is 32.1 Å². The molecule has 2 aliphatic rings. The smallest absolute Gasteiger partial charge is 0.343 e. The maximum atomic E-state index is 10.1. The van der Waals surface area contributed by atoms with Crippen molar-refractivity contribution >= 4 is 5.84 Å². The zero-order valence-corrected chi connectivity index (χ0v) is 14.5. The number of nitrogens with zero attached hydrogens (tertiary/aromatic N) is 2. The summed E-state index contributed by atoms with van der Waals surface area (Å²) in [5, 5.41) is 20.1. The van der Waals surface area contributed by atoms with Crippen LogP contribution < -0.4 is 15.5 Å². The van der Waals surface area contributed by atoms with Crippen LogP contribution in [0.15, 0.2) is 24.3 Å². The molecule has 25 heavy (non-hydrogen) atoms. The van der Waals surface area contributed by atoms with Crippen LogP contribution in [0.3, 0.4) is 0 Å². The number of benzene rings is 1. The Labute approximate surface area is 146 Å². The molecule has 1 aromatic carbocycles. The minimum Gasteiger partial charge on any atom is -0.497 e. The fourth-order valence-corrected chi connectivity index (χ4v) is 4.15. The van der Waals surface area contributed by atoms with Gasteiger partial charge in [0, 0.05) is 5.92 Å². The van der Waals surface area contributed by atoms with Crippen molar-refractivity contribution in [2.75, 3.05) is 20.3 Å². The van der Waals surface area contributed by atoms with E-state index < -0.39 is 22.7 Å². The second-order valence-corrected chi connectivity index (χ2v) is 6.07. The Morgan fingerprint density at radius 3 is 2.16 bits per heavy atom. The molecule has 7 nitrogen and oxygen atoms in total. The topological polar surface area (TPSA) is 115 Å². The van der Waals surface area contributed by atoms with Gasteiger partial charge in [-0.05, 0) is 31.5 Å². The van der Waals surface area contributed by atoms with Gasteiger partial charge in [-0.25, -0.2) is 4.99 Å². The summed E-state index contributed by atoms with van der Waals surface area (Å²) < 4.78 is 16.9. The summed E-state index contributed by atoms with van der Waals surface area (Å²) in [7, 11) is 1.58. The Morgan fingerprint density at radius 1 is 1.12 bits per heavy atom. The Hall–Kier alpha value is -2.61. The average molecular weight is 341 g/mol. The minimum atomic E-state index is -1.45. The van der Waals surface area contributed by atoms with Gasteiger partial charge < -0.3 is 14.2 Å². The summed E-state index contributed by atoms with van der Waals surface area (Å²) in [5.74, 6) is -1.00. The third-order valence-corrected chi connectivity index (χ3v) is 5.14. The molecule has 3 atom stereocenters. The molecule has 0 spiro atoms. The lowest BCUT2D eigenvalue weighted by Crippen LogP contribution is -2.91. The Balaban J connectivity index is 2.17. The third-order valence-electron chi connectivity index (χ3n) is 5.14. The molecular formula is C18H21N4O3+. The molecule has 1 aliphatic heterocycles. The maximum Gasteiger partial charge on any atom is 0.343 e. The van der Waals surface area contributed by atoms with Crippen LogP contribution in [0.4, 0.5) is 0 Å². The first-order chi connectivity index (χ1) is 12.0. The Morgan fingerprint density at radius 2 is 1.72 bits per heavy atom. The van der Waals surface area contributed by atoms with Gasteiger partial charge in [-0.1, -0.05) is 12.1 Å². The van der Waals surface area contributed by atoms with Gasteiger partial charge in [0.15, 0.2) is 10.8 Å². The van der Waals surface area contributed by atoms with Gasteiger partial charge in [-0.15, -0.1) is 0 Å². The summed E-state index contributed by atoms with van der Waals surface area (Å²) in [6.45, 7) is 4.23. The van der Waals surface area contributed by atoms with E-state index in [1.54, 1.807) is 33.1 Å². The Kier molecular flexibility index (Phi) is 3.95. The van der Waals surface area contributed by atoms with Gasteiger partial charge in [0.2, 0.25) is 0 Å². The van der Waals surface area contributed by atoms with E-state index in [4.69, 9.17) is 19.9 Å². The van der Waals surface area contributed by atoms with E-state index in [0.717, 1.165) is 5.56 Å². The number of fused-ring (bicyclic) bond motifs is 1. The highest BCUT2D eigenvalue weighted by Gasteiger charge is 2.97. The van der Waals surface area contributed by atoms with Crippen LogP contribution in [0.1, 0.15) is 25.3 Å². The van der Waals surface area contributed by atoms with E-state index in [0.29, 0.717) is 19.0 Å².